The van der Waals surface area contributed by atoms with Crippen molar-refractivity contribution in [2.45, 2.75) is 18.1 Å². The van der Waals surface area contributed by atoms with Gasteiger partial charge in [-0.2, -0.15) is 0 Å². The number of rotatable bonds is 3. The van der Waals surface area contributed by atoms with E-state index in [1.165, 1.54) is 0 Å². The third-order valence-electron chi connectivity index (χ3n) is 4.91. The van der Waals surface area contributed by atoms with Crippen LogP contribution in [0.5, 0.6) is 0 Å². The van der Waals surface area contributed by atoms with E-state index in [1.807, 2.05) is 31.3 Å². The molecule has 3 atom stereocenters. The van der Waals surface area contributed by atoms with E-state index in [-0.39, 0.29) is 6.04 Å². The van der Waals surface area contributed by atoms with Gasteiger partial charge in [-0.05, 0) is 48.9 Å². The zero-order valence-corrected chi connectivity index (χ0v) is 14.8. The van der Waals surface area contributed by atoms with Crippen molar-refractivity contribution < 1.29 is 9.90 Å². The van der Waals surface area contributed by atoms with Crippen molar-refractivity contribution in [3.63, 3.8) is 0 Å². The Morgan fingerprint density at radius 1 is 1.08 bits per heavy atom. The molecule has 1 saturated heterocycles. The van der Waals surface area contributed by atoms with Gasteiger partial charge >= 0.3 is 0 Å². The highest BCUT2D eigenvalue weighted by atomic mass is 35.5. The van der Waals surface area contributed by atoms with Crippen LogP contribution in [0.3, 0.4) is 0 Å². The fourth-order valence-corrected chi connectivity index (χ4v) is 3.82. The zero-order chi connectivity index (χ0) is 17.3. The van der Waals surface area contributed by atoms with Crippen LogP contribution >= 0.6 is 23.2 Å². The standard InChI is InChI=1S/C19H19Cl2NO2/c1-22-11-10-19(24,14-4-8-16(21)9-5-14)17(12-23)18(22)13-2-6-15(20)7-3-13/h2-9,12,17-18,24H,10-11H2,1H3. The van der Waals surface area contributed by atoms with Crippen LogP contribution in [-0.4, -0.2) is 29.9 Å². The second-order valence-corrected chi connectivity index (χ2v) is 7.19. The molecule has 2 aromatic rings. The number of carbonyl (C=O) groups excluding carboxylic acids is 1. The van der Waals surface area contributed by atoms with Gasteiger partial charge in [-0.15, -0.1) is 0 Å². The molecular formula is C19H19Cl2NO2. The van der Waals surface area contributed by atoms with E-state index >= 15 is 0 Å². The highest BCUT2D eigenvalue weighted by molar-refractivity contribution is 6.30. The van der Waals surface area contributed by atoms with Gasteiger partial charge in [0.15, 0.2) is 0 Å². The number of nitrogens with zero attached hydrogens (tertiary/aromatic N) is 1. The van der Waals surface area contributed by atoms with Crippen molar-refractivity contribution in [1.82, 2.24) is 4.90 Å². The van der Waals surface area contributed by atoms with Crippen LogP contribution in [0.2, 0.25) is 10.0 Å². The maximum absolute atomic E-state index is 12.0. The first-order valence-electron chi connectivity index (χ1n) is 7.85. The van der Waals surface area contributed by atoms with Crippen molar-refractivity contribution in [3.8, 4) is 0 Å². The summed E-state index contributed by atoms with van der Waals surface area (Å²) in [6.45, 7) is 0.677. The normalized spacial score (nSPS) is 27.8. The van der Waals surface area contributed by atoms with E-state index in [1.54, 1.807) is 24.3 Å². The van der Waals surface area contributed by atoms with Gasteiger partial charge in [0.1, 0.15) is 11.9 Å². The molecule has 1 heterocycles. The second-order valence-electron chi connectivity index (χ2n) is 6.32. The molecule has 0 aliphatic carbocycles. The van der Waals surface area contributed by atoms with E-state index in [0.29, 0.717) is 23.0 Å². The number of likely N-dealkylation sites (tertiary alicyclic amines) is 1. The molecule has 1 aliphatic rings. The minimum atomic E-state index is -1.22. The van der Waals surface area contributed by atoms with Crippen molar-refractivity contribution in [3.05, 3.63) is 69.7 Å². The molecule has 24 heavy (non-hydrogen) atoms. The van der Waals surface area contributed by atoms with Crippen LogP contribution in [0.15, 0.2) is 48.5 Å². The predicted molar refractivity (Wildman–Crippen MR) is 96.3 cm³/mol. The minimum absolute atomic E-state index is 0.214. The SMILES string of the molecule is CN1CCC(O)(c2ccc(Cl)cc2)C(C=O)C1c1ccc(Cl)cc1. The average Bonchev–Trinajstić information content (AvgIpc) is 2.58. The van der Waals surface area contributed by atoms with Gasteiger partial charge in [0.25, 0.3) is 0 Å². The van der Waals surface area contributed by atoms with E-state index in [0.717, 1.165) is 17.4 Å². The highest BCUT2D eigenvalue weighted by Crippen LogP contribution is 2.45. The number of piperidine rings is 1. The maximum Gasteiger partial charge on any atom is 0.128 e. The van der Waals surface area contributed by atoms with Crippen molar-refractivity contribution in [2.24, 2.45) is 5.92 Å². The Kier molecular flexibility index (Phi) is 4.97. The second kappa shape index (κ2) is 6.85. The third-order valence-corrected chi connectivity index (χ3v) is 5.42. The van der Waals surface area contributed by atoms with Gasteiger partial charge in [-0.1, -0.05) is 47.5 Å². The molecule has 1 N–H and O–H groups in total. The first-order chi connectivity index (χ1) is 11.5. The summed E-state index contributed by atoms with van der Waals surface area (Å²) in [6.07, 6.45) is 1.35. The fourth-order valence-electron chi connectivity index (χ4n) is 3.57. The van der Waals surface area contributed by atoms with E-state index in [9.17, 15) is 9.90 Å². The number of hydrogen-bond acceptors (Lipinski definition) is 3. The number of hydrogen-bond donors (Lipinski definition) is 1. The van der Waals surface area contributed by atoms with Crippen LogP contribution in [0, 0.1) is 5.92 Å². The Labute approximate surface area is 151 Å². The molecule has 1 aliphatic heterocycles. The molecular weight excluding hydrogens is 345 g/mol. The van der Waals surface area contributed by atoms with Gasteiger partial charge in [0.2, 0.25) is 0 Å². The van der Waals surface area contributed by atoms with Gasteiger partial charge < -0.3 is 9.90 Å². The summed E-state index contributed by atoms with van der Waals surface area (Å²) in [5, 5.41) is 12.6. The summed E-state index contributed by atoms with van der Waals surface area (Å²) in [5.74, 6) is -0.585. The topological polar surface area (TPSA) is 40.5 Å². The van der Waals surface area contributed by atoms with Gasteiger partial charge in [0.05, 0.1) is 5.92 Å². The van der Waals surface area contributed by atoms with Gasteiger partial charge in [-0.3, -0.25) is 4.90 Å². The summed E-state index contributed by atoms with van der Waals surface area (Å²) in [4.78, 5) is 14.1. The van der Waals surface area contributed by atoms with E-state index in [2.05, 4.69) is 4.90 Å². The molecule has 0 saturated carbocycles. The molecule has 0 bridgehead atoms. The van der Waals surface area contributed by atoms with Crippen LogP contribution < -0.4 is 0 Å². The quantitative estimate of drug-likeness (QED) is 0.835. The first-order valence-corrected chi connectivity index (χ1v) is 8.61. The molecule has 0 amide bonds. The molecule has 5 heteroatoms. The lowest BCUT2D eigenvalue weighted by atomic mass is 9.71. The molecule has 0 aromatic heterocycles. The summed E-state index contributed by atoms with van der Waals surface area (Å²) in [6, 6.07) is 14.3. The lowest BCUT2D eigenvalue weighted by Gasteiger charge is -2.47. The lowest BCUT2D eigenvalue weighted by Crippen LogP contribution is -2.51. The van der Waals surface area contributed by atoms with Crippen LogP contribution in [0.1, 0.15) is 23.6 Å². The summed E-state index contributed by atoms with van der Waals surface area (Å²) >= 11 is 11.9. The Bertz CT molecular complexity index is 717. The number of aliphatic hydroxyl groups is 1. The highest BCUT2D eigenvalue weighted by Gasteiger charge is 2.48. The molecule has 3 unspecified atom stereocenters. The van der Waals surface area contributed by atoms with Crippen LogP contribution in [0.4, 0.5) is 0 Å². The maximum atomic E-state index is 12.0. The fraction of sp³-hybridized carbons (Fsp3) is 0.316. The monoisotopic (exact) mass is 363 g/mol. The Morgan fingerprint density at radius 2 is 1.62 bits per heavy atom. The average molecular weight is 364 g/mol. The molecule has 1 fully saturated rings. The van der Waals surface area contributed by atoms with Crippen molar-refractivity contribution in [1.29, 1.82) is 0 Å². The first kappa shape index (κ1) is 17.4. The van der Waals surface area contributed by atoms with Crippen molar-refractivity contribution in [2.75, 3.05) is 13.6 Å². The largest absolute Gasteiger partial charge is 0.384 e. The smallest absolute Gasteiger partial charge is 0.128 e. The van der Waals surface area contributed by atoms with E-state index < -0.39 is 11.5 Å². The minimum Gasteiger partial charge on any atom is -0.384 e. The molecule has 126 valence electrons. The number of carbonyl (C=O) groups is 1. The molecule has 0 spiro atoms. The third kappa shape index (κ3) is 3.09. The van der Waals surface area contributed by atoms with Crippen LogP contribution in [-0.2, 0) is 10.4 Å². The molecule has 3 nitrogen and oxygen atoms in total. The number of benzene rings is 2. The molecule has 0 radical (unpaired) electrons. The summed E-state index contributed by atoms with van der Waals surface area (Å²) < 4.78 is 0. The lowest BCUT2D eigenvalue weighted by molar-refractivity contribution is -0.137. The number of aldehydes is 1. The van der Waals surface area contributed by atoms with E-state index in [4.69, 9.17) is 23.2 Å². The van der Waals surface area contributed by atoms with Crippen LogP contribution in [0.25, 0.3) is 0 Å². The van der Waals surface area contributed by atoms with Crippen molar-refractivity contribution >= 4 is 29.5 Å². The zero-order valence-electron chi connectivity index (χ0n) is 13.3. The summed E-state index contributed by atoms with van der Waals surface area (Å²) in [5.41, 5.74) is 0.463. The van der Waals surface area contributed by atoms with Gasteiger partial charge in [0, 0.05) is 22.6 Å². The predicted octanol–water partition coefficient (Wildman–Crippen LogP) is 4.07. The Balaban J connectivity index is 2.04. The number of halogens is 2. The molecule has 3 rings (SSSR count). The van der Waals surface area contributed by atoms with Gasteiger partial charge in [-0.25, -0.2) is 0 Å². The molecule has 2 aromatic carbocycles. The Hall–Kier alpha value is -1.39. The summed E-state index contributed by atoms with van der Waals surface area (Å²) in [7, 11) is 1.97. The Morgan fingerprint density at radius 3 is 2.17 bits per heavy atom.